The first-order valence-electron chi connectivity index (χ1n) is 6.64. The van der Waals surface area contributed by atoms with E-state index in [2.05, 4.69) is 20.1 Å². The summed E-state index contributed by atoms with van der Waals surface area (Å²) in [7, 11) is 1.61. The van der Waals surface area contributed by atoms with Crippen LogP contribution in [0.4, 0.5) is 0 Å². The molecular formula is C15H11N5O2. The van der Waals surface area contributed by atoms with Crippen molar-refractivity contribution in [2.75, 3.05) is 7.11 Å². The Bertz CT molecular complexity index is 1030. The molecule has 0 atom stereocenters. The highest BCUT2D eigenvalue weighted by molar-refractivity contribution is 5.87. The number of aromatic amines is 1. The zero-order valence-electron chi connectivity index (χ0n) is 11.6. The lowest BCUT2D eigenvalue weighted by molar-refractivity contribution is 0.415. The number of methoxy groups -OCH3 is 1. The standard InChI is InChI=1S/C15H11N5O2/c1-22-10-6-4-9(5-7-10)13-18-14-12-11(3-2-8-16-12)17-15(21)20(14)19-13/h2-8H,1H3,(H,17,21). The van der Waals surface area contributed by atoms with Crippen LogP contribution >= 0.6 is 0 Å². The smallest absolute Gasteiger partial charge is 0.348 e. The molecule has 0 aliphatic rings. The summed E-state index contributed by atoms with van der Waals surface area (Å²) in [5.74, 6) is 1.21. The molecule has 4 rings (SSSR count). The number of rotatable bonds is 2. The minimum atomic E-state index is -0.345. The number of hydrogen-bond acceptors (Lipinski definition) is 5. The second kappa shape index (κ2) is 4.66. The average molecular weight is 293 g/mol. The van der Waals surface area contributed by atoms with Gasteiger partial charge in [-0.25, -0.2) is 9.78 Å². The van der Waals surface area contributed by atoms with Crippen molar-refractivity contribution in [3.05, 3.63) is 53.1 Å². The lowest BCUT2D eigenvalue weighted by Gasteiger charge is -1.99. The van der Waals surface area contributed by atoms with Gasteiger partial charge in [-0.05, 0) is 36.4 Å². The first kappa shape index (κ1) is 12.5. The number of H-pyrrole nitrogens is 1. The minimum absolute atomic E-state index is 0.345. The number of pyridine rings is 1. The molecule has 3 heterocycles. The zero-order chi connectivity index (χ0) is 15.1. The summed E-state index contributed by atoms with van der Waals surface area (Å²) >= 11 is 0. The van der Waals surface area contributed by atoms with Crippen molar-refractivity contribution in [3.8, 4) is 17.1 Å². The van der Waals surface area contributed by atoms with Gasteiger partial charge in [0, 0.05) is 11.8 Å². The number of nitrogens with one attached hydrogen (secondary N) is 1. The third-order valence-corrected chi connectivity index (χ3v) is 3.41. The number of ether oxygens (including phenoxy) is 1. The SMILES string of the molecule is COc1ccc(-c2nc3c4ncccc4[nH]c(=O)n3n2)cc1. The van der Waals surface area contributed by atoms with Crippen molar-refractivity contribution in [1.82, 2.24) is 24.6 Å². The molecule has 0 radical (unpaired) electrons. The Balaban J connectivity index is 1.98. The highest BCUT2D eigenvalue weighted by Crippen LogP contribution is 2.21. The van der Waals surface area contributed by atoms with Gasteiger partial charge in [0.05, 0.1) is 12.6 Å². The molecule has 0 amide bonds. The van der Waals surface area contributed by atoms with Crippen LogP contribution in [-0.4, -0.2) is 31.7 Å². The van der Waals surface area contributed by atoms with E-state index in [9.17, 15) is 4.79 Å². The second-order valence-corrected chi connectivity index (χ2v) is 4.73. The summed E-state index contributed by atoms with van der Waals surface area (Å²) in [4.78, 5) is 23.6. The minimum Gasteiger partial charge on any atom is -0.497 e. The van der Waals surface area contributed by atoms with Crippen molar-refractivity contribution in [1.29, 1.82) is 0 Å². The van der Waals surface area contributed by atoms with Gasteiger partial charge in [-0.15, -0.1) is 5.10 Å². The highest BCUT2D eigenvalue weighted by Gasteiger charge is 2.12. The topological polar surface area (TPSA) is 85.2 Å². The van der Waals surface area contributed by atoms with E-state index in [-0.39, 0.29) is 5.69 Å². The summed E-state index contributed by atoms with van der Waals surface area (Å²) in [6.07, 6.45) is 1.66. The fraction of sp³-hybridized carbons (Fsp3) is 0.0667. The second-order valence-electron chi connectivity index (χ2n) is 4.73. The molecule has 0 bridgehead atoms. The number of benzene rings is 1. The molecule has 0 aliphatic carbocycles. The largest absolute Gasteiger partial charge is 0.497 e. The molecule has 0 aliphatic heterocycles. The van der Waals surface area contributed by atoms with Gasteiger partial charge in [-0.1, -0.05) is 0 Å². The molecular weight excluding hydrogens is 282 g/mol. The lowest BCUT2D eigenvalue weighted by atomic mass is 10.2. The Morgan fingerprint density at radius 3 is 2.77 bits per heavy atom. The maximum absolute atomic E-state index is 12.1. The Kier molecular flexibility index (Phi) is 2.65. The summed E-state index contributed by atoms with van der Waals surface area (Å²) in [5, 5.41) is 4.27. The van der Waals surface area contributed by atoms with Gasteiger partial charge in [0.25, 0.3) is 0 Å². The Morgan fingerprint density at radius 2 is 2.00 bits per heavy atom. The fourth-order valence-corrected chi connectivity index (χ4v) is 2.32. The summed E-state index contributed by atoms with van der Waals surface area (Å²) in [6, 6.07) is 10.9. The number of nitrogens with zero attached hydrogens (tertiary/aromatic N) is 4. The van der Waals surface area contributed by atoms with E-state index >= 15 is 0 Å². The highest BCUT2D eigenvalue weighted by atomic mass is 16.5. The van der Waals surface area contributed by atoms with Crippen LogP contribution in [0.2, 0.25) is 0 Å². The van der Waals surface area contributed by atoms with Gasteiger partial charge < -0.3 is 9.72 Å². The molecule has 7 nitrogen and oxygen atoms in total. The van der Waals surface area contributed by atoms with E-state index in [4.69, 9.17) is 4.74 Å². The van der Waals surface area contributed by atoms with Crippen LogP contribution in [0, 0.1) is 0 Å². The zero-order valence-corrected chi connectivity index (χ0v) is 11.6. The quantitative estimate of drug-likeness (QED) is 0.607. The molecule has 0 spiro atoms. The Labute approximate surface area is 124 Å². The van der Waals surface area contributed by atoms with Gasteiger partial charge in [-0.2, -0.15) is 4.52 Å². The monoisotopic (exact) mass is 293 g/mol. The van der Waals surface area contributed by atoms with Gasteiger partial charge in [-0.3, -0.25) is 4.98 Å². The molecule has 3 aromatic heterocycles. The Morgan fingerprint density at radius 1 is 1.18 bits per heavy atom. The van der Waals surface area contributed by atoms with E-state index in [1.54, 1.807) is 25.4 Å². The maximum atomic E-state index is 12.1. The first-order chi connectivity index (χ1) is 10.8. The van der Waals surface area contributed by atoms with Gasteiger partial charge in [0.1, 0.15) is 11.3 Å². The molecule has 0 fully saturated rings. The average Bonchev–Trinajstić information content (AvgIpc) is 3.01. The molecule has 0 unspecified atom stereocenters. The predicted octanol–water partition coefficient (Wildman–Crippen LogP) is 1.64. The van der Waals surface area contributed by atoms with Crippen LogP contribution < -0.4 is 10.4 Å². The van der Waals surface area contributed by atoms with E-state index in [1.807, 2.05) is 24.3 Å². The van der Waals surface area contributed by atoms with Crippen molar-refractivity contribution < 1.29 is 4.74 Å². The van der Waals surface area contributed by atoms with Crippen molar-refractivity contribution in [3.63, 3.8) is 0 Å². The van der Waals surface area contributed by atoms with E-state index < -0.39 is 0 Å². The third-order valence-electron chi connectivity index (χ3n) is 3.41. The van der Waals surface area contributed by atoms with Crippen molar-refractivity contribution >= 4 is 16.7 Å². The lowest BCUT2D eigenvalue weighted by Crippen LogP contribution is -2.17. The molecule has 7 heteroatoms. The Hall–Kier alpha value is -3.22. The summed E-state index contributed by atoms with van der Waals surface area (Å²) in [5.41, 5.74) is 2.13. The van der Waals surface area contributed by atoms with Crippen LogP contribution in [-0.2, 0) is 0 Å². The maximum Gasteiger partial charge on any atom is 0.348 e. The van der Waals surface area contributed by atoms with Crippen LogP contribution in [0.25, 0.3) is 28.1 Å². The number of aromatic nitrogens is 5. The predicted molar refractivity (Wildman–Crippen MR) is 80.9 cm³/mol. The molecule has 22 heavy (non-hydrogen) atoms. The van der Waals surface area contributed by atoms with Crippen molar-refractivity contribution in [2.45, 2.75) is 0 Å². The molecule has 0 saturated carbocycles. The fourth-order valence-electron chi connectivity index (χ4n) is 2.32. The van der Waals surface area contributed by atoms with Crippen molar-refractivity contribution in [2.24, 2.45) is 0 Å². The van der Waals surface area contributed by atoms with Crippen LogP contribution in [0.15, 0.2) is 47.4 Å². The number of fused-ring (bicyclic) bond motifs is 3. The molecule has 4 aromatic rings. The third kappa shape index (κ3) is 1.83. The summed E-state index contributed by atoms with van der Waals surface area (Å²) < 4.78 is 6.36. The first-order valence-corrected chi connectivity index (χ1v) is 6.64. The normalized spacial score (nSPS) is 11.1. The van der Waals surface area contributed by atoms with Gasteiger partial charge in [0.15, 0.2) is 11.5 Å². The van der Waals surface area contributed by atoms with E-state index in [1.165, 1.54) is 4.52 Å². The van der Waals surface area contributed by atoms with E-state index in [0.717, 1.165) is 11.3 Å². The number of hydrogen-bond donors (Lipinski definition) is 1. The molecule has 108 valence electrons. The van der Waals surface area contributed by atoms with Crippen LogP contribution in [0.3, 0.4) is 0 Å². The molecule has 0 saturated heterocycles. The molecule has 1 N–H and O–H groups in total. The van der Waals surface area contributed by atoms with Gasteiger partial charge in [0.2, 0.25) is 0 Å². The molecule has 1 aromatic carbocycles. The van der Waals surface area contributed by atoms with Crippen LogP contribution in [0.1, 0.15) is 0 Å². The van der Waals surface area contributed by atoms with Gasteiger partial charge >= 0.3 is 5.69 Å². The van der Waals surface area contributed by atoms with Crippen LogP contribution in [0.5, 0.6) is 5.75 Å². The summed E-state index contributed by atoms with van der Waals surface area (Å²) in [6.45, 7) is 0. The van der Waals surface area contributed by atoms with E-state index in [0.29, 0.717) is 22.5 Å².